The van der Waals surface area contributed by atoms with Crippen molar-refractivity contribution in [3.05, 3.63) is 35.6 Å². The van der Waals surface area contributed by atoms with Gasteiger partial charge in [-0.25, -0.2) is 4.39 Å². The number of halogens is 1. The third kappa shape index (κ3) is 4.15. The Kier molecular flexibility index (Phi) is 5.31. The number of amides is 3. The summed E-state index contributed by atoms with van der Waals surface area (Å²) in [6, 6.07) is 6.49. The molecule has 0 bridgehead atoms. The van der Waals surface area contributed by atoms with E-state index in [0.29, 0.717) is 51.1 Å². The Morgan fingerprint density at radius 1 is 1.16 bits per heavy atom. The predicted molar refractivity (Wildman–Crippen MR) is 88.9 cm³/mol. The lowest BCUT2D eigenvalue weighted by Crippen LogP contribution is -2.48. The molecule has 2 fully saturated rings. The molecule has 2 aliphatic rings. The van der Waals surface area contributed by atoms with Crippen molar-refractivity contribution in [1.82, 2.24) is 15.1 Å². The molecule has 134 valence electrons. The fraction of sp³-hybridized carbons (Fsp3) is 0.500. The van der Waals surface area contributed by atoms with Crippen LogP contribution in [0.2, 0.25) is 0 Å². The zero-order chi connectivity index (χ0) is 17.8. The Morgan fingerprint density at radius 2 is 1.88 bits per heavy atom. The number of rotatable bonds is 6. The number of piperazine rings is 1. The Hall–Kier alpha value is -2.44. The van der Waals surface area contributed by atoms with Gasteiger partial charge < -0.3 is 15.1 Å². The van der Waals surface area contributed by atoms with E-state index in [-0.39, 0.29) is 29.5 Å². The highest BCUT2D eigenvalue weighted by molar-refractivity contribution is 5.92. The summed E-state index contributed by atoms with van der Waals surface area (Å²) >= 11 is 0. The number of carbonyl (C=O) groups excluding carboxylic acids is 3. The first-order valence-corrected chi connectivity index (χ1v) is 8.59. The predicted octanol–water partition coefficient (Wildman–Crippen LogP) is 0.421. The summed E-state index contributed by atoms with van der Waals surface area (Å²) in [6.07, 6.45) is 1.79. The summed E-state index contributed by atoms with van der Waals surface area (Å²) in [4.78, 5) is 38.6. The summed E-state index contributed by atoms with van der Waals surface area (Å²) in [5, 5.41) is 2.79. The fourth-order valence-corrected chi connectivity index (χ4v) is 3.19. The highest BCUT2D eigenvalue weighted by Gasteiger charge is 2.49. The van der Waals surface area contributed by atoms with Gasteiger partial charge in [0.15, 0.2) is 0 Å². The van der Waals surface area contributed by atoms with Gasteiger partial charge in [0.25, 0.3) is 0 Å². The van der Waals surface area contributed by atoms with E-state index in [1.54, 1.807) is 28.0 Å². The molecule has 1 aromatic rings. The number of hydrogen-bond donors (Lipinski definition) is 1. The Bertz CT molecular complexity index is 659. The molecule has 2 atom stereocenters. The van der Waals surface area contributed by atoms with E-state index in [1.165, 1.54) is 6.07 Å². The van der Waals surface area contributed by atoms with Crippen LogP contribution in [0.25, 0.3) is 0 Å². The first-order chi connectivity index (χ1) is 12.1. The Morgan fingerprint density at radius 3 is 2.56 bits per heavy atom. The molecule has 1 saturated heterocycles. The molecule has 1 aliphatic heterocycles. The van der Waals surface area contributed by atoms with Crippen LogP contribution in [0.4, 0.5) is 4.39 Å². The van der Waals surface area contributed by atoms with Gasteiger partial charge in [0.1, 0.15) is 5.82 Å². The van der Waals surface area contributed by atoms with Crippen LogP contribution in [-0.4, -0.2) is 60.7 Å². The molecule has 25 heavy (non-hydrogen) atoms. The maximum atomic E-state index is 13.5. The van der Waals surface area contributed by atoms with Gasteiger partial charge in [-0.05, 0) is 24.5 Å². The van der Waals surface area contributed by atoms with E-state index >= 15 is 0 Å². The van der Waals surface area contributed by atoms with Crippen molar-refractivity contribution in [2.75, 3.05) is 32.7 Å². The second-order valence-corrected chi connectivity index (χ2v) is 6.55. The van der Waals surface area contributed by atoms with Crippen molar-refractivity contribution in [2.45, 2.75) is 12.8 Å². The zero-order valence-electron chi connectivity index (χ0n) is 14.0. The molecule has 3 rings (SSSR count). The van der Waals surface area contributed by atoms with Gasteiger partial charge in [0.2, 0.25) is 18.2 Å². The van der Waals surface area contributed by atoms with Gasteiger partial charge in [-0.3, -0.25) is 14.4 Å². The lowest BCUT2D eigenvalue weighted by Gasteiger charge is -2.32. The molecule has 1 N–H and O–H groups in total. The van der Waals surface area contributed by atoms with Crippen LogP contribution in [0.3, 0.4) is 0 Å². The monoisotopic (exact) mass is 347 g/mol. The van der Waals surface area contributed by atoms with Gasteiger partial charge in [-0.1, -0.05) is 18.2 Å². The molecular weight excluding hydrogens is 325 g/mol. The third-order valence-corrected chi connectivity index (χ3v) is 4.87. The van der Waals surface area contributed by atoms with Gasteiger partial charge in [0.05, 0.1) is 11.8 Å². The molecule has 0 spiro atoms. The van der Waals surface area contributed by atoms with Crippen LogP contribution in [-0.2, 0) is 20.8 Å². The maximum Gasteiger partial charge on any atom is 0.226 e. The molecule has 1 saturated carbocycles. The normalized spacial score (nSPS) is 22.4. The van der Waals surface area contributed by atoms with Crippen LogP contribution in [0.15, 0.2) is 24.3 Å². The van der Waals surface area contributed by atoms with Crippen LogP contribution in [0.1, 0.15) is 12.0 Å². The molecule has 0 radical (unpaired) electrons. The van der Waals surface area contributed by atoms with Crippen LogP contribution in [0, 0.1) is 17.7 Å². The lowest BCUT2D eigenvalue weighted by molar-refractivity contribution is -0.137. The number of nitrogens with zero attached hydrogens (tertiary/aromatic N) is 2. The molecule has 6 nitrogen and oxygen atoms in total. The van der Waals surface area contributed by atoms with Crippen molar-refractivity contribution in [3.63, 3.8) is 0 Å². The van der Waals surface area contributed by atoms with Crippen LogP contribution < -0.4 is 5.32 Å². The van der Waals surface area contributed by atoms with Gasteiger partial charge >= 0.3 is 0 Å². The highest BCUT2D eigenvalue weighted by Crippen LogP contribution is 2.40. The van der Waals surface area contributed by atoms with Crippen molar-refractivity contribution in [1.29, 1.82) is 0 Å². The minimum atomic E-state index is -0.280. The van der Waals surface area contributed by atoms with Crippen molar-refractivity contribution >= 4 is 18.2 Å². The Labute approximate surface area is 146 Å². The molecule has 2 unspecified atom stereocenters. The van der Waals surface area contributed by atoms with Gasteiger partial charge in [-0.15, -0.1) is 0 Å². The highest BCUT2D eigenvalue weighted by atomic mass is 19.1. The number of hydrogen-bond acceptors (Lipinski definition) is 3. The van der Waals surface area contributed by atoms with Crippen molar-refractivity contribution < 1.29 is 18.8 Å². The molecule has 1 aromatic carbocycles. The second kappa shape index (κ2) is 7.63. The maximum absolute atomic E-state index is 13.5. The van der Waals surface area contributed by atoms with E-state index in [4.69, 9.17) is 0 Å². The largest absolute Gasteiger partial charge is 0.356 e. The van der Waals surface area contributed by atoms with Crippen molar-refractivity contribution in [3.8, 4) is 0 Å². The second-order valence-electron chi connectivity index (χ2n) is 6.55. The molecule has 1 heterocycles. The summed E-state index contributed by atoms with van der Waals surface area (Å²) in [5.41, 5.74) is 0.569. The van der Waals surface area contributed by atoms with Gasteiger partial charge in [0, 0.05) is 32.7 Å². The lowest BCUT2D eigenvalue weighted by atomic mass is 10.1. The van der Waals surface area contributed by atoms with Crippen molar-refractivity contribution in [2.24, 2.45) is 11.8 Å². The SMILES string of the molecule is O=CN1CCN(C(=O)C2CC2C(=O)NCCc2ccccc2F)CC1. The number of carbonyl (C=O) groups is 3. The third-order valence-electron chi connectivity index (χ3n) is 4.87. The summed E-state index contributed by atoms with van der Waals surface area (Å²) < 4.78 is 13.5. The topological polar surface area (TPSA) is 69.7 Å². The quantitative estimate of drug-likeness (QED) is 0.759. The van der Waals surface area contributed by atoms with E-state index in [1.807, 2.05) is 0 Å². The molecule has 3 amide bonds. The average Bonchev–Trinajstić information content (AvgIpc) is 3.43. The minimum absolute atomic E-state index is 0.000183. The minimum Gasteiger partial charge on any atom is -0.356 e. The smallest absolute Gasteiger partial charge is 0.226 e. The van der Waals surface area contributed by atoms with E-state index in [2.05, 4.69) is 5.32 Å². The zero-order valence-corrected chi connectivity index (χ0v) is 14.0. The first kappa shape index (κ1) is 17.4. The summed E-state index contributed by atoms with van der Waals surface area (Å²) in [5.74, 6) is -0.944. The standard InChI is InChI=1S/C18H22FN3O3/c19-16-4-2-1-3-13(16)5-6-20-17(24)14-11-15(14)18(25)22-9-7-21(12-23)8-10-22/h1-4,12,14-15H,5-11H2,(H,20,24). The molecule has 1 aliphatic carbocycles. The summed E-state index contributed by atoms with van der Waals surface area (Å²) in [6.45, 7) is 2.49. The molecule has 7 heteroatoms. The van der Waals surface area contributed by atoms with E-state index in [9.17, 15) is 18.8 Å². The van der Waals surface area contributed by atoms with Crippen LogP contribution in [0.5, 0.6) is 0 Å². The molecular formula is C18H22FN3O3. The first-order valence-electron chi connectivity index (χ1n) is 8.59. The summed E-state index contributed by atoms with van der Waals surface area (Å²) in [7, 11) is 0. The number of nitrogens with one attached hydrogen (secondary N) is 1. The fourth-order valence-electron chi connectivity index (χ4n) is 3.19. The number of benzene rings is 1. The van der Waals surface area contributed by atoms with E-state index < -0.39 is 0 Å². The average molecular weight is 347 g/mol. The van der Waals surface area contributed by atoms with Crippen LogP contribution >= 0.6 is 0 Å². The van der Waals surface area contributed by atoms with E-state index in [0.717, 1.165) is 6.41 Å². The molecule has 0 aromatic heterocycles. The van der Waals surface area contributed by atoms with Gasteiger partial charge in [-0.2, -0.15) is 0 Å². The Balaban J connectivity index is 1.41.